The number of hydrogen-bond donors (Lipinski definition) is 0. The fourth-order valence-electron chi connectivity index (χ4n) is 3.47. The van der Waals surface area contributed by atoms with E-state index in [1.54, 1.807) is 0 Å². The topological polar surface area (TPSA) is 9.23 Å². The highest BCUT2D eigenvalue weighted by Gasteiger charge is 2.32. The van der Waals surface area contributed by atoms with E-state index < -0.39 is 0 Å². The molecule has 1 fully saturated rings. The van der Waals surface area contributed by atoms with Crippen molar-refractivity contribution in [1.29, 1.82) is 0 Å². The van der Waals surface area contributed by atoms with Crippen molar-refractivity contribution in [2.75, 3.05) is 11.5 Å². The molecule has 0 N–H and O–H groups in total. The second-order valence-electron chi connectivity index (χ2n) is 5.62. The molecule has 2 heteroatoms. The van der Waals surface area contributed by atoms with Crippen molar-refractivity contribution in [3.8, 4) is 0 Å². The third-order valence-corrected chi connectivity index (χ3v) is 5.30. The monoisotopic (exact) mass is 352 g/mol. The van der Waals surface area contributed by atoms with E-state index in [1.807, 2.05) is 7.11 Å². The summed E-state index contributed by atoms with van der Waals surface area (Å²) < 4.78 is 6.72. The molecule has 17 heavy (non-hydrogen) atoms. The highest BCUT2D eigenvalue weighted by atomic mass is 127. The van der Waals surface area contributed by atoms with Crippen molar-refractivity contribution < 1.29 is 4.74 Å². The first kappa shape index (κ1) is 15.7. The molecule has 0 aromatic rings. The maximum atomic E-state index is 5.38. The number of ether oxygens (including phenoxy) is 1. The molecule has 1 aliphatic rings. The van der Waals surface area contributed by atoms with Crippen LogP contribution < -0.4 is 0 Å². The van der Waals surface area contributed by atoms with Crippen LogP contribution in [0.5, 0.6) is 0 Å². The molecule has 0 heterocycles. The van der Waals surface area contributed by atoms with Crippen molar-refractivity contribution in [1.82, 2.24) is 0 Å². The molecular weight excluding hydrogens is 323 g/mol. The average molecular weight is 352 g/mol. The lowest BCUT2D eigenvalue weighted by molar-refractivity contribution is 0.0967. The minimum atomic E-state index is 0.438. The molecule has 3 unspecified atom stereocenters. The van der Waals surface area contributed by atoms with Crippen LogP contribution in [0.4, 0.5) is 0 Å². The predicted molar refractivity (Wildman–Crippen MR) is 83.8 cm³/mol. The Balaban J connectivity index is 2.42. The van der Waals surface area contributed by atoms with Gasteiger partial charge in [-0.3, -0.25) is 0 Å². The predicted octanol–water partition coefficient (Wildman–Crippen LogP) is 5.07. The van der Waals surface area contributed by atoms with Crippen LogP contribution in [0.3, 0.4) is 0 Å². The molecule has 0 bridgehead atoms. The van der Waals surface area contributed by atoms with Crippen LogP contribution >= 0.6 is 22.6 Å². The molecule has 1 nitrogen and oxygen atoms in total. The minimum Gasteiger partial charge on any atom is -0.382 e. The van der Waals surface area contributed by atoms with Gasteiger partial charge in [0.15, 0.2) is 0 Å². The highest BCUT2D eigenvalue weighted by molar-refractivity contribution is 14.1. The Bertz CT molecular complexity index is 195. The van der Waals surface area contributed by atoms with Gasteiger partial charge < -0.3 is 4.74 Å². The van der Waals surface area contributed by atoms with Gasteiger partial charge in [-0.05, 0) is 54.8 Å². The van der Waals surface area contributed by atoms with Gasteiger partial charge in [-0.1, -0.05) is 48.8 Å². The third-order valence-electron chi connectivity index (χ3n) is 4.67. The molecule has 1 aliphatic carbocycles. The van der Waals surface area contributed by atoms with E-state index in [2.05, 4.69) is 36.4 Å². The van der Waals surface area contributed by atoms with Crippen LogP contribution in [0.15, 0.2) is 0 Å². The zero-order chi connectivity index (χ0) is 12.7. The van der Waals surface area contributed by atoms with Crippen LogP contribution in [0, 0.1) is 17.8 Å². The fourth-order valence-corrected chi connectivity index (χ4v) is 4.27. The van der Waals surface area contributed by atoms with Gasteiger partial charge >= 0.3 is 0 Å². The first-order valence-electron chi connectivity index (χ1n) is 7.31. The Kier molecular flexibility index (Phi) is 8.09. The van der Waals surface area contributed by atoms with Gasteiger partial charge in [-0.15, -0.1) is 0 Å². The van der Waals surface area contributed by atoms with E-state index in [4.69, 9.17) is 4.74 Å². The lowest BCUT2D eigenvalue weighted by Gasteiger charge is -2.28. The summed E-state index contributed by atoms with van der Waals surface area (Å²) in [5.41, 5.74) is 0. The maximum Gasteiger partial charge on any atom is 0.0543 e. The van der Waals surface area contributed by atoms with E-state index in [-0.39, 0.29) is 0 Å². The molecule has 1 saturated carbocycles. The van der Waals surface area contributed by atoms with Crippen molar-refractivity contribution >= 4 is 22.6 Å². The molecule has 0 amide bonds. The summed E-state index contributed by atoms with van der Waals surface area (Å²) >= 11 is 2.54. The summed E-state index contributed by atoms with van der Waals surface area (Å²) in [6.45, 7) is 4.57. The molecule has 0 aromatic carbocycles. The molecule has 0 aliphatic heterocycles. The van der Waals surface area contributed by atoms with Gasteiger partial charge in [-0.2, -0.15) is 0 Å². The lowest BCUT2D eigenvalue weighted by atomic mass is 9.78. The number of methoxy groups -OCH3 is 1. The molecule has 0 saturated heterocycles. The largest absolute Gasteiger partial charge is 0.382 e. The zero-order valence-electron chi connectivity index (χ0n) is 11.8. The zero-order valence-corrected chi connectivity index (χ0v) is 13.9. The number of alkyl halides is 1. The maximum absolute atomic E-state index is 5.38. The average Bonchev–Trinajstić information content (AvgIpc) is 2.78. The summed E-state index contributed by atoms with van der Waals surface area (Å²) in [6, 6.07) is 0. The summed E-state index contributed by atoms with van der Waals surface area (Å²) in [5.74, 6) is 2.98. The van der Waals surface area contributed by atoms with E-state index in [9.17, 15) is 0 Å². The Labute approximate surface area is 121 Å². The first-order chi connectivity index (χ1) is 8.22. The van der Waals surface area contributed by atoms with Crippen molar-refractivity contribution in [3.63, 3.8) is 0 Å². The van der Waals surface area contributed by atoms with E-state index in [0.29, 0.717) is 6.10 Å². The van der Waals surface area contributed by atoms with Crippen LogP contribution in [-0.4, -0.2) is 17.6 Å². The van der Waals surface area contributed by atoms with E-state index >= 15 is 0 Å². The number of hydrogen-bond acceptors (Lipinski definition) is 1. The quantitative estimate of drug-likeness (QED) is 0.438. The fraction of sp³-hybridized carbons (Fsp3) is 1.00. The van der Waals surface area contributed by atoms with Crippen molar-refractivity contribution in [2.45, 2.75) is 64.9 Å². The van der Waals surface area contributed by atoms with Gasteiger partial charge in [0.2, 0.25) is 0 Å². The molecule has 102 valence electrons. The Hall–Kier alpha value is 0.690. The minimum absolute atomic E-state index is 0.438. The molecule has 1 rings (SSSR count). The van der Waals surface area contributed by atoms with E-state index in [0.717, 1.165) is 17.8 Å². The van der Waals surface area contributed by atoms with Gasteiger partial charge in [0.1, 0.15) is 0 Å². The normalized spacial score (nSPS) is 28.2. The highest BCUT2D eigenvalue weighted by Crippen LogP contribution is 2.42. The lowest BCUT2D eigenvalue weighted by Crippen LogP contribution is -2.20. The molecule has 0 spiro atoms. The SMILES string of the molecule is CCC(CCC(C)OC)[C@@H]1CCCC1CCI. The Morgan fingerprint density at radius 2 is 2.06 bits per heavy atom. The summed E-state index contributed by atoms with van der Waals surface area (Å²) in [5, 5.41) is 0. The molecule has 4 atom stereocenters. The molecule has 0 aromatic heterocycles. The number of halogens is 1. The van der Waals surface area contributed by atoms with Crippen LogP contribution in [-0.2, 0) is 4.74 Å². The van der Waals surface area contributed by atoms with Crippen molar-refractivity contribution in [2.24, 2.45) is 17.8 Å². The molecule has 0 radical (unpaired) electrons. The third kappa shape index (κ3) is 5.06. The van der Waals surface area contributed by atoms with Gasteiger partial charge in [0.25, 0.3) is 0 Å². The van der Waals surface area contributed by atoms with Crippen molar-refractivity contribution in [3.05, 3.63) is 0 Å². The molecular formula is C15H29IO. The smallest absolute Gasteiger partial charge is 0.0543 e. The Morgan fingerprint density at radius 1 is 1.29 bits per heavy atom. The standard InChI is InChI=1S/C15H29IO/c1-4-13(9-8-12(2)17-3)15-7-5-6-14(15)10-11-16/h12-15H,4-11H2,1-3H3/t12?,13?,14?,15-/m0/s1. The summed E-state index contributed by atoms with van der Waals surface area (Å²) in [7, 11) is 1.83. The van der Waals surface area contributed by atoms with Gasteiger partial charge in [-0.25, -0.2) is 0 Å². The van der Waals surface area contributed by atoms with Gasteiger partial charge in [0, 0.05) is 7.11 Å². The summed E-state index contributed by atoms with van der Waals surface area (Å²) in [4.78, 5) is 0. The van der Waals surface area contributed by atoms with Crippen LogP contribution in [0.25, 0.3) is 0 Å². The second-order valence-corrected chi connectivity index (χ2v) is 6.70. The Morgan fingerprint density at radius 3 is 2.65 bits per heavy atom. The second kappa shape index (κ2) is 8.73. The van der Waals surface area contributed by atoms with Crippen LogP contribution in [0.2, 0.25) is 0 Å². The summed E-state index contributed by atoms with van der Waals surface area (Å²) in [6.07, 6.45) is 10.3. The van der Waals surface area contributed by atoms with E-state index in [1.165, 1.54) is 49.4 Å². The van der Waals surface area contributed by atoms with Crippen LogP contribution in [0.1, 0.15) is 58.8 Å². The van der Waals surface area contributed by atoms with Gasteiger partial charge in [0.05, 0.1) is 6.10 Å². The number of rotatable bonds is 8. The first-order valence-corrected chi connectivity index (χ1v) is 8.84.